The van der Waals surface area contributed by atoms with Crippen LogP contribution in [0.5, 0.6) is 0 Å². The van der Waals surface area contributed by atoms with Gasteiger partial charge < -0.3 is 14.1 Å². The van der Waals surface area contributed by atoms with Gasteiger partial charge in [-0.05, 0) is 67.2 Å². The molecule has 156 valence electrons. The highest BCUT2D eigenvalue weighted by Crippen LogP contribution is 2.52. The zero-order valence-electron chi connectivity index (χ0n) is 18.1. The first-order valence-electron chi connectivity index (χ1n) is 10.5. The Morgan fingerprint density at radius 1 is 1.17 bits per heavy atom. The van der Waals surface area contributed by atoms with E-state index < -0.39 is 5.97 Å². The van der Waals surface area contributed by atoms with Crippen LogP contribution in [-0.2, 0) is 20.7 Å². The van der Waals surface area contributed by atoms with E-state index in [1.165, 1.54) is 0 Å². The molecule has 1 aliphatic heterocycles. The Labute approximate surface area is 172 Å². The van der Waals surface area contributed by atoms with Gasteiger partial charge in [-0.2, -0.15) is 0 Å². The minimum atomic E-state index is -0.395. The first kappa shape index (κ1) is 20.0. The highest BCUT2D eigenvalue weighted by Gasteiger charge is 2.50. The number of benzene rings is 1. The van der Waals surface area contributed by atoms with Gasteiger partial charge in [0.1, 0.15) is 5.58 Å². The van der Waals surface area contributed by atoms with Gasteiger partial charge in [0.25, 0.3) is 5.91 Å². The molecule has 1 saturated carbocycles. The van der Waals surface area contributed by atoms with Crippen LogP contribution >= 0.6 is 0 Å². The smallest absolute Gasteiger partial charge is 0.310 e. The Kier molecular flexibility index (Phi) is 4.75. The fraction of sp³-hybridized carbons (Fsp3) is 0.583. The number of rotatable bonds is 4. The number of fused-ring (bicyclic) bond motifs is 3. The molecule has 2 heterocycles. The van der Waals surface area contributed by atoms with Crippen LogP contribution in [-0.4, -0.2) is 36.0 Å². The number of ether oxygens (including phenoxy) is 1. The molecule has 1 aromatic heterocycles. The van der Waals surface area contributed by atoms with Crippen LogP contribution in [0.15, 0.2) is 22.8 Å². The number of carbonyl (C=O) groups is 2. The van der Waals surface area contributed by atoms with E-state index in [0.717, 1.165) is 53.5 Å². The van der Waals surface area contributed by atoms with Crippen molar-refractivity contribution in [2.24, 2.45) is 10.8 Å². The Balaban J connectivity index is 1.37. The van der Waals surface area contributed by atoms with Crippen molar-refractivity contribution in [3.63, 3.8) is 0 Å². The van der Waals surface area contributed by atoms with Crippen molar-refractivity contribution in [2.75, 3.05) is 13.2 Å². The van der Waals surface area contributed by atoms with Gasteiger partial charge in [0, 0.05) is 23.5 Å². The van der Waals surface area contributed by atoms with Crippen molar-refractivity contribution in [3.05, 3.63) is 35.1 Å². The maximum atomic E-state index is 12.8. The van der Waals surface area contributed by atoms with E-state index in [1.807, 2.05) is 30.9 Å². The summed E-state index contributed by atoms with van der Waals surface area (Å²) in [5.74, 6) is -0.471. The van der Waals surface area contributed by atoms with Crippen LogP contribution in [0.1, 0.15) is 56.7 Å². The molecule has 1 saturated heterocycles. The van der Waals surface area contributed by atoms with Crippen molar-refractivity contribution in [2.45, 2.75) is 66.3 Å². The van der Waals surface area contributed by atoms with Gasteiger partial charge in [-0.1, -0.05) is 20.8 Å². The van der Waals surface area contributed by atoms with Crippen LogP contribution < -0.4 is 0 Å². The fourth-order valence-corrected chi connectivity index (χ4v) is 5.66. The molecule has 0 N–H and O–H groups in total. The SMILES string of the molecule is Cc1cc2occ(CC(=O)OCC(=O)N3C[C@]4(C)C[C@@H]3CC(C)(C)C4)c2cc1C. The molecule has 0 radical (unpaired) electrons. The van der Waals surface area contributed by atoms with Crippen LogP contribution in [0.4, 0.5) is 0 Å². The number of amides is 1. The first-order chi connectivity index (χ1) is 13.6. The predicted octanol–water partition coefficient (Wildman–Crippen LogP) is 4.56. The Hall–Kier alpha value is -2.30. The maximum absolute atomic E-state index is 12.8. The molecule has 5 heteroatoms. The molecule has 2 bridgehead atoms. The zero-order chi connectivity index (χ0) is 21.0. The highest BCUT2D eigenvalue weighted by molar-refractivity contribution is 5.88. The van der Waals surface area contributed by atoms with Gasteiger partial charge in [0.2, 0.25) is 0 Å². The van der Waals surface area contributed by atoms with E-state index in [9.17, 15) is 9.59 Å². The third kappa shape index (κ3) is 3.92. The number of esters is 1. The largest absolute Gasteiger partial charge is 0.464 e. The van der Waals surface area contributed by atoms with E-state index >= 15 is 0 Å². The lowest BCUT2D eigenvalue weighted by Crippen LogP contribution is -2.39. The molecule has 2 aromatic rings. The summed E-state index contributed by atoms with van der Waals surface area (Å²) in [4.78, 5) is 27.1. The molecule has 2 fully saturated rings. The summed E-state index contributed by atoms with van der Waals surface area (Å²) in [5.41, 5.74) is 4.30. The fourth-order valence-electron chi connectivity index (χ4n) is 5.66. The molecule has 0 spiro atoms. The summed E-state index contributed by atoms with van der Waals surface area (Å²) in [6.45, 7) is 11.5. The average molecular weight is 398 g/mol. The molecule has 4 rings (SSSR count). The van der Waals surface area contributed by atoms with Crippen molar-refractivity contribution < 1.29 is 18.7 Å². The standard InChI is InChI=1S/C24H31NO4/c1-15-6-19-17(11-28-20(19)7-16(15)2)8-22(27)29-12-21(26)25-14-24(5)10-18(25)9-23(3,4)13-24/h6-7,11,18H,8-10,12-14H2,1-5H3/t18-,24+/m0/s1. The minimum Gasteiger partial charge on any atom is -0.464 e. The van der Waals surface area contributed by atoms with Gasteiger partial charge in [-0.25, -0.2) is 0 Å². The number of likely N-dealkylation sites (tertiary alicyclic amines) is 1. The van der Waals surface area contributed by atoms with Gasteiger partial charge in [-0.15, -0.1) is 0 Å². The number of hydrogen-bond acceptors (Lipinski definition) is 4. The Morgan fingerprint density at radius 2 is 1.90 bits per heavy atom. The molecule has 1 amide bonds. The summed E-state index contributed by atoms with van der Waals surface area (Å²) in [5, 5.41) is 0.930. The van der Waals surface area contributed by atoms with Crippen LogP contribution in [0.3, 0.4) is 0 Å². The third-order valence-electron chi connectivity index (χ3n) is 6.70. The predicted molar refractivity (Wildman–Crippen MR) is 112 cm³/mol. The van der Waals surface area contributed by atoms with E-state index in [-0.39, 0.29) is 35.8 Å². The van der Waals surface area contributed by atoms with E-state index in [1.54, 1.807) is 6.26 Å². The third-order valence-corrected chi connectivity index (χ3v) is 6.70. The molecule has 1 aliphatic carbocycles. The number of aryl methyl sites for hydroxylation is 2. The Morgan fingerprint density at radius 3 is 2.66 bits per heavy atom. The van der Waals surface area contributed by atoms with Crippen LogP contribution in [0, 0.1) is 24.7 Å². The number of carbonyl (C=O) groups excluding carboxylic acids is 2. The second kappa shape index (κ2) is 6.89. The molecule has 2 atom stereocenters. The second-order valence-corrected chi connectivity index (χ2v) is 10.3. The van der Waals surface area contributed by atoms with Gasteiger partial charge in [-0.3, -0.25) is 9.59 Å². The molecule has 1 aromatic carbocycles. The van der Waals surface area contributed by atoms with Crippen molar-refractivity contribution in [1.29, 1.82) is 0 Å². The zero-order valence-corrected chi connectivity index (χ0v) is 18.1. The summed E-state index contributed by atoms with van der Waals surface area (Å²) in [6.07, 6.45) is 4.92. The lowest BCUT2D eigenvalue weighted by molar-refractivity contribution is -0.152. The quantitative estimate of drug-likeness (QED) is 0.710. The lowest BCUT2D eigenvalue weighted by Gasteiger charge is -2.39. The number of furan rings is 1. The lowest BCUT2D eigenvalue weighted by atomic mass is 9.65. The molecule has 0 unspecified atom stereocenters. The molecular weight excluding hydrogens is 366 g/mol. The topological polar surface area (TPSA) is 59.8 Å². The van der Waals surface area contributed by atoms with E-state index in [0.29, 0.717) is 0 Å². The summed E-state index contributed by atoms with van der Waals surface area (Å²) < 4.78 is 10.9. The number of hydrogen-bond donors (Lipinski definition) is 0. The monoisotopic (exact) mass is 397 g/mol. The molecule has 2 aliphatic rings. The normalized spacial score (nSPS) is 25.4. The number of nitrogens with zero attached hydrogens (tertiary/aromatic N) is 1. The van der Waals surface area contributed by atoms with Crippen LogP contribution in [0.25, 0.3) is 11.0 Å². The maximum Gasteiger partial charge on any atom is 0.310 e. The Bertz CT molecular complexity index is 973. The van der Waals surface area contributed by atoms with E-state index in [4.69, 9.17) is 9.15 Å². The van der Waals surface area contributed by atoms with Crippen molar-refractivity contribution >= 4 is 22.8 Å². The summed E-state index contributed by atoms with van der Waals surface area (Å²) >= 11 is 0. The summed E-state index contributed by atoms with van der Waals surface area (Å²) in [6, 6.07) is 4.28. The molecule has 29 heavy (non-hydrogen) atoms. The minimum absolute atomic E-state index is 0.0757. The van der Waals surface area contributed by atoms with Crippen molar-refractivity contribution in [1.82, 2.24) is 4.90 Å². The molecular formula is C24H31NO4. The summed E-state index contributed by atoms with van der Waals surface area (Å²) in [7, 11) is 0. The van der Waals surface area contributed by atoms with Gasteiger partial charge >= 0.3 is 5.97 Å². The van der Waals surface area contributed by atoms with Crippen molar-refractivity contribution in [3.8, 4) is 0 Å². The van der Waals surface area contributed by atoms with Gasteiger partial charge in [0.05, 0.1) is 12.7 Å². The average Bonchev–Trinajstić information content (AvgIpc) is 3.10. The van der Waals surface area contributed by atoms with Gasteiger partial charge in [0.15, 0.2) is 6.61 Å². The first-order valence-corrected chi connectivity index (χ1v) is 10.5. The van der Waals surface area contributed by atoms with Crippen LogP contribution in [0.2, 0.25) is 0 Å². The highest BCUT2D eigenvalue weighted by atomic mass is 16.5. The second-order valence-electron chi connectivity index (χ2n) is 10.3. The molecule has 5 nitrogen and oxygen atoms in total. The van der Waals surface area contributed by atoms with E-state index in [2.05, 4.69) is 20.8 Å².